The van der Waals surface area contributed by atoms with Crippen LogP contribution in [0, 0.1) is 5.92 Å². The first-order valence-corrected chi connectivity index (χ1v) is 10.5. The third kappa shape index (κ3) is 6.06. The van der Waals surface area contributed by atoms with Crippen molar-refractivity contribution in [2.75, 3.05) is 13.7 Å². The largest absolute Gasteiger partial charge is 0.573 e. The number of Topliss-reactive ketones (excluding diaryl/α,β-unsaturated/α-hetero) is 1. The molecule has 0 spiro atoms. The standard InChI is InChI=1S/C24H22F3NO5/c1-30-21-11-8-16(12-22(21)31-13-15-6-7-15)23-28-17(14-32-23)9-10-19(29)18-4-2-3-5-20(18)33-24(25,26)27/h2-5,8,11-12,14-15H,6-7,9-10,13H2,1H3. The molecule has 1 aromatic heterocycles. The average molecular weight is 461 g/mol. The van der Waals surface area contributed by atoms with Crippen LogP contribution in [0.4, 0.5) is 13.2 Å². The SMILES string of the molecule is COc1ccc(-c2nc(CCC(=O)c3ccccc3OC(F)(F)F)co2)cc1OCC1CC1. The van der Waals surface area contributed by atoms with Crippen molar-refractivity contribution in [2.45, 2.75) is 32.0 Å². The molecule has 0 atom stereocenters. The van der Waals surface area contributed by atoms with E-state index >= 15 is 0 Å². The highest BCUT2D eigenvalue weighted by Crippen LogP contribution is 2.35. The fourth-order valence-electron chi connectivity index (χ4n) is 3.26. The fourth-order valence-corrected chi connectivity index (χ4v) is 3.26. The van der Waals surface area contributed by atoms with Crippen LogP contribution in [0.25, 0.3) is 11.5 Å². The summed E-state index contributed by atoms with van der Waals surface area (Å²) in [6, 6.07) is 10.6. The maximum atomic E-state index is 12.6. The van der Waals surface area contributed by atoms with Gasteiger partial charge in [0, 0.05) is 18.4 Å². The number of hydrogen-bond acceptors (Lipinski definition) is 6. The molecule has 0 bridgehead atoms. The van der Waals surface area contributed by atoms with Crippen LogP contribution < -0.4 is 14.2 Å². The van der Waals surface area contributed by atoms with Crippen LogP contribution in [0.3, 0.4) is 0 Å². The van der Waals surface area contributed by atoms with Gasteiger partial charge in [0.15, 0.2) is 17.3 Å². The zero-order valence-electron chi connectivity index (χ0n) is 17.9. The fraction of sp³-hybridized carbons (Fsp3) is 0.333. The summed E-state index contributed by atoms with van der Waals surface area (Å²) in [5.74, 6) is 1.12. The number of rotatable bonds is 10. The van der Waals surface area contributed by atoms with Crippen LogP contribution in [0.5, 0.6) is 17.2 Å². The van der Waals surface area contributed by atoms with Crippen LogP contribution in [0.2, 0.25) is 0 Å². The van der Waals surface area contributed by atoms with Crippen LogP contribution in [-0.4, -0.2) is 30.8 Å². The first kappa shape index (κ1) is 22.7. The molecule has 1 aliphatic rings. The minimum atomic E-state index is -4.88. The second kappa shape index (κ2) is 9.56. The second-order valence-corrected chi connectivity index (χ2v) is 7.73. The van der Waals surface area contributed by atoms with Crippen molar-refractivity contribution in [2.24, 2.45) is 5.92 Å². The van der Waals surface area contributed by atoms with Crippen LogP contribution in [0.15, 0.2) is 53.1 Å². The molecule has 4 rings (SSSR count). The monoisotopic (exact) mass is 461 g/mol. The Bertz CT molecular complexity index is 1120. The second-order valence-electron chi connectivity index (χ2n) is 7.73. The predicted octanol–water partition coefficient (Wildman–Crippen LogP) is 5.85. The Morgan fingerprint density at radius 1 is 1.12 bits per heavy atom. The number of methoxy groups -OCH3 is 1. The number of hydrogen-bond donors (Lipinski definition) is 0. The molecule has 0 aliphatic heterocycles. The third-order valence-corrected chi connectivity index (χ3v) is 5.16. The maximum absolute atomic E-state index is 12.6. The smallest absolute Gasteiger partial charge is 0.493 e. The van der Waals surface area contributed by atoms with E-state index in [1.165, 1.54) is 24.5 Å². The minimum Gasteiger partial charge on any atom is -0.493 e. The molecule has 6 nitrogen and oxygen atoms in total. The highest BCUT2D eigenvalue weighted by atomic mass is 19.4. The number of aromatic nitrogens is 1. The van der Waals surface area contributed by atoms with E-state index in [1.807, 2.05) is 0 Å². The van der Waals surface area contributed by atoms with Crippen molar-refractivity contribution in [1.82, 2.24) is 4.98 Å². The summed E-state index contributed by atoms with van der Waals surface area (Å²) in [5.41, 5.74) is 1.05. The van der Waals surface area contributed by atoms with Crippen molar-refractivity contribution < 1.29 is 36.6 Å². The summed E-state index contributed by atoms with van der Waals surface area (Å²) >= 11 is 0. The average Bonchev–Trinajstić information content (AvgIpc) is 3.50. The molecule has 3 aromatic rings. The number of oxazole rings is 1. The summed E-state index contributed by atoms with van der Waals surface area (Å²) in [7, 11) is 1.57. The number of alkyl halides is 3. The van der Waals surface area contributed by atoms with Crippen molar-refractivity contribution in [3.63, 3.8) is 0 Å². The predicted molar refractivity (Wildman–Crippen MR) is 112 cm³/mol. The van der Waals surface area contributed by atoms with Crippen molar-refractivity contribution in [3.05, 3.63) is 60.0 Å². The molecule has 1 aliphatic carbocycles. The third-order valence-electron chi connectivity index (χ3n) is 5.16. The van der Waals surface area contributed by atoms with Gasteiger partial charge in [-0.1, -0.05) is 12.1 Å². The summed E-state index contributed by atoms with van der Waals surface area (Å²) in [4.78, 5) is 16.9. The van der Waals surface area contributed by atoms with Gasteiger partial charge in [-0.2, -0.15) is 0 Å². The van der Waals surface area contributed by atoms with E-state index in [1.54, 1.807) is 25.3 Å². The summed E-state index contributed by atoms with van der Waals surface area (Å²) in [6.45, 7) is 0.623. The summed E-state index contributed by atoms with van der Waals surface area (Å²) in [5, 5.41) is 0. The van der Waals surface area contributed by atoms with Crippen molar-refractivity contribution in [3.8, 4) is 28.7 Å². The Morgan fingerprint density at radius 3 is 2.64 bits per heavy atom. The number of ketones is 1. The molecule has 0 unspecified atom stereocenters. The Balaban J connectivity index is 1.42. The molecular formula is C24H22F3NO5. The number of benzene rings is 2. The molecule has 1 fully saturated rings. The zero-order chi connectivity index (χ0) is 23.4. The Morgan fingerprint density at radius 2 is 1.91 bits per heavy atom. The van der Waals surface area contributed by atoms with Gasteiger partial charge in [0.25, 0.3) is 0 Å². The lowest BCUT2D eigenvalue weighted by atomic mass is 10.0. The molecule has 0 saturated heterocycles. The lowest BCUT2D eigenvalue weighted by Gasteiger charge is -2.12. The van der Waals surface area contributed by atoms with Gasteiger partial charge in [-0.25, -0.2) is 4.98 Å². The van der Waals surface area contributed by atoms with E-state index in [0.717, 1.165) is 18.9 Å². The zero-order valence-corrected chi connectivity index (χ0v) is 17.9. The Labute approximate surface area is 188 Å². The van der Waals surface area contributed by atoms with Crippen LogP contribution in [-0.2, 0) is 6.42 Å². The number of carbonyl (C=O) groups excluding carboxylic acids is 1. The Kier molecular flexibility index (Phi) is 6.57. The van der Waals surface area contributed by atoms with E-state index in [0.29, 0.717) is 41.2 Å². The number of nitrogens with zero attached hydrogens (tertiary/aromatic N) is 1. The van der Waals surface area contributed by atoms with Gasteiger partial charge >= 0.3 is 6.36 Å². The molecule has 0 radical (unpaired) electrons. The molecule has 0 N–H and O–H groups in total. The maximum Gasteiger partial charge on any atom is 0.573 e. The van der Waals surface area contributed by atoms with E-state index in [2.05, 4.69) is 9.72 Å². The molecule has 1 heterocycles. The van der Waals surface area contributed by atoms with Gasteiger partial charge in [0.05, 0.1) is 25.0 Å². The van der Waals surface area contributed by atoms with Gasteiger partial charge < -0.3 is 18.6 Å². The van der Waals surface area contributed by atoms with E-state index in [9.17, 15) is 18.0 Å². The van der Waals surface area contributed by atoms with E-state index in [-0.39, 0.29) is 18.4 Å². The van der Waals surface area contributed by atoms with E-state index in [4.69, 9.17) is 13.9 Å². The molecule has 33 heavy (non-hydrogen) atoms. The minimum absolute atomic E-state index is 0.0530. The van der Waals surface area contributed by atoms with Gasteiger partial charge in [-0.05, 0) is 49.1 Å². The van der Waals surface area contributed by atoms with Gasteiger partial charge in [0.2, 0.25) is 5.89 Å². The first-order valence-electron chi connectivity index (χ1n) is 10.5. The molecule has 0 amide bonds. The van der Waals surface area contributed by atoms with Gasteiger partial charge in [-0.3, -0.25) is 4.79 Å². The topological polar surface area (TPSA) is 70.8 Å². The molecular weight excluding hydrogens is 439 g/mol. The summed E-state index contributed by atoms with van der Waals surface area (Å²) in [6.07, 6.45) is -0.980. The molecule has 9 heteroatoms. The number of carbonyl (C=O) groups is 1. The number of para-hydroxylation sites is 1. The number of aryl methyl sites for hydroxylation is 1. The Hall–Kier alpha value is -3.49. The molecule has 2 aromatic carbocycles. The molecule has 1 saturated carbocycles. The van der Waals surface area contributed by atoms with E-state index < -0.39 is 17.9 Å². The van der Waals surface area contributed by atoms with Crippen LogP contribution >= 0.6 is 0 Å². The molecule has 174 valence electrons. The quantitative estimate of drug-likeness (QED) is 0.353. The van der Waals surface area contributed by atoms with Crippen molar-refractivity contribution in [1.29, 1.82) is 0 Å². The lowest BCUT2D eigenvalue weighted by Crippen LogP contribution is -2.19. The highest BCUT2D eigenvalue weighted by Gasteiger charge is 2.32. The highest BCUT2D eigenvalue weighted by molar-refractivity contribution is 5.98. The number of halogens is 3. The normalized spacial score (nSPS) is 13.6. The van der Waals surface area contributed by atoms with Gasteiger partial charge in [-0.15, -0.1) is 13.2 Å². The van der Waals surface area contributed by atoms with Crippen LogP contribution in [0.1, 0.15) is 35.3 Å². The van der Waals surface area contributed by atoms with Crippen molar-refractivity contribution >= 4 is 5.78 Å². The number of ether oxygens (including phenoxy) is 3. The van der Waals surface area contributed by atoms with Gasteiger partial charge in [0.1, 0.15) is 12.0 Å². The lowest BCUT2D eigenvalue weighted by molar-refractivity contribution is -0.274. The summed E-state index contributed by atoms with van der Waals surface area (Å²) < 4.78 is 58.5. The first-order chi connectivity index (χ1) is 15.8.